The van der Waals surface area contributed by atoms with Gasteiger partial charge in [-0.2, -0.15) is 0 Å². The number of rotatable bonds is 32. The summed E-state index contributed by atoms with van der Waals surface area (Å²) in [5.74, 6) is -2.57. The van der Waals surface area contributed by atoms with E-state index in [1.165, 1.54) is 89.9 Å². The van der Waals surface area contributed by atoms with Crippen LogP contribution in [0.5, 0.6) is 0 Å². The average molecular weight is 582 g/mol. The van der Waals surface area contributed by atoms with Crippen LogP contribution in [0, 0.1) is 0 Å². The zero-order chi connectivity index (χ0) is 30.4. The third-order valence-electron chi connectivity index (χ3n) is 8.20. The monoisotopic (exact) mass is 581 g/mol. The summed E-state index contributed by atoms with van der Waals surface area (Å²) in [6, 6.07) is 0. The van der Waals surface area contributed by atoms with Crippen molar-refractivity contribution in [2.75, 3.05) is 26.2 Å². The van der Waals surface area contributed by atoms with E-state index in [1.807, 2.05) is 0 Å². The van der Waals surface area contributed by atoms with Gasteiger partial charge in [-0.3, -0.25) is 9.59 Å². The second-order valence-corrected chi connectivity index (χ2v) is 12.1. The molecule has 0 bridgehead atoms. The normalized spacial score (nSPS) is 11.8. The summed E-state index contributed by atoms with van der Waals surface area (Å²) in [5.41, 5.74) is 0. The van der Waals surface area contributed by atoms with Gasteiger partial charge in [-0.25, -0.2) is 0 Å². The van der Waals surface area contributed by atoms with Crippen molar-refractivity contribution in [1.29, 1.82) is 0 Å². The molecule has 0 heterocycles. The number of unbranched alkanes of at least 4 members (excludes halogenated alkanes) is 16. The molecule has 0 rings (SSSR count). The molecule has 0 unspecified atom stereocenters. The highest BCUT2D eigenvalue weighted by atomic mass is 16.4. The number of carbonyl (C=O) groups excluding carboxylic acids is 1. The molecule has 0 aliphatic heterocycles. The van der Waals surface area contributed by atoms with E-state index in [9.17, 15) is 19.5 Å². The van der Waals surface area contributed by atoms with Crippen LogP contribution in [0.2, 0.25) is 0 Å². The van der Waals surface area contributed by atoms with Crippen molar-refractivity contribution in [2.24, 2.45) is 0 Å². The number of carboxylic acid groups (broad SMARTS) is 3. The first-order chi connectivity index (χ1) is 19.8. The number of quaternary nitrogens is 1. The summed E-state index contributed by atoms with van der Waals surface area (Å²) >= 11 is 0. The fourth-order valence-electron chi connectivity index (χ4n) is 5.71. The van der Waals surface area contributed by atoms with Crippen LogP contribution in [0.25, 0.3) is 0 Å². The van der Waals surface area contributed by atoms with Gasteiger partial charge in [-0.05, 0) is 83.5 Å². The third-order valence-corrected chi connectivity index (χ3v) is 8.20. The fraction of sp³-hybridized carbons (Fsp3) is 0.853. The Morgan fingerprint density at radius 3 is 1.24 bits per heavy atom. The topological polar surface area (TPSA) is 115 Å². The summed E-state index contributed by atoms with van der Waals surface area (Å²) in [5, 5.41) is 29.0. The van der Waals surface area contributed by atoms with E-state index in [4.69, 9.17) is 10.2 Å². The van der Waals surface area contributed by atoms with Gasteiger partial charge in [-0.1, -0.05) is 76.9 Å². The molecule has 0 aromatic heterocycles. The maximum absolute atomic E-state index is 11.0. The van der Waals surface area contributed by atoms with E-state index < -0.39 is 17.9 Å². The minimum atomic E-state index is -1.02. The fourth-order valence-corrected chi connectivity index (χ4v) is 5.71. The predicted octanol–water partition coefficient (Wildman–Crippen LogP) is 7.66. The highest BCUT2D eigenvalue weighted by Crippen LogP contribution is 2.19. The maximum Gasteiger partial charge on any atom is 0.303 e. The lowest BCUT2D eigenvalue weighted by Gasteiger charge is -2.39. The standard InChI is InChI=1S/C34H63NO6/c1-2-3-4-5-6-7-8-9-10-11-12-13-14-15-16-17-21-28-35(29-22-18-25-32(36)37,30-23-19-26-33(38)39)31-24-20-27-34(40)41/h8-9H,2-7,10-31H2,1H3,(H2-,36,37,38,39,40,41)/b9-8+. The van der Waals surface area contributed by atoms with Gasteiger partial charge >= 0.3 is 11.9 Å². The predicted molar refractivity (Wildman–Crippen MR) is 166 cm³/mol. The molecule has 41 heavy (non-hydrogen) atoms. The first-order valence-corrected chi connectivity index (χ1v) is 16.9. The van der Waals surface area contributed by atoms with E-state index in [-0.39, 0.29) is 19.3 Å². The van der Waals surface area contributed by atoms with Gasteiger partial charge in [0.25, 0.3) is 0 Å². The molecule has 0 radical (unpaired) electrons. The van der Waals surface area contributed by atoms with E-state index in [2.05, 4.69) is 19.1 Å². The minimum absolute atomic E-state index is 0.0629. The highest BCUT2D eigenvalue weighted by molar-refractivity contribution is 5.66. The van der Waals surface area contributed by atoms with E-state index in [0.29, 0.717) is 19.3 Å². The molecule has 7 nitrogen and oxygen atoms in total. The van der Waals surface area contributed by atoms with Crippen LogP contribution in [0.15, 0.2) is 12.2 Å². The zero-order valence-electron chi connectivity index (χ0n) is 26.4. The Morgan fingerprint density at radius 2 is 0.854 bits per heavy atom. The SMILES string of the molecule is CCCCCCC/C=C/CCCCCCCCCC[N+](CCCCC(=O)[O-])(CCCCC(=O)O)CCCCC(=O)O. The van der Waals surface area contributed by atoms with Gasteiger partial charge in [0.05, 0.1) is 26.2 Å². The Morgan fingerprint density at radius 1 is 0.512 bits per heavy atom. The lowest BCUT2D eigenvalue weighted by Crippen LogP contribution is -2.51. The Kier molecular flexibility index (Phi) is 26.9. The summed E-state index contributed by atoms with van der Waals surface area (Å²) < 4.78 is 0.846. The van der Waals surface area contributed by atoms with Gasteiger partial charge in [0.2, 0.25) is 0 Å². The molecule has 0 atom stereocenters. The molecule has 0 aliphatic carbocycles. The quantitative estimate of drug-likeness (QED) is 0.0479. The van der Waals surface area contributed by atoms with Crippen molar-refractivity contribution in [3.63, 3.8) is 0 Å². The summed E-state index contributed by atoms with van der Waals surface area (Å²) in [6.07, 6.45) is 28.5. The first kappa shape index (κ1) is 39.1. The zero-order valence-corrected chi connectivity index (χ0v) is 26.4. The van der Waals surface area contributed by atoms with Crippen molar-refractivity contribution in [3.05, 3.63) is 12.2 Å². The molecule has 0 aromatic rings. The summed E-state index contributed by atoms with van der Waals surface area (Å²) in [7, 11) is 0. The molecule has 0 fully saturated rings. The van der Waals surface area contributed by atoms with Crippen molar-refractivity contribution in [2.45, 2.75) is 161 Å². The maximum atomic E-state index is 11.0. The van der Waals surface area contributed by atoms with Gasteiger partial charge in [0.1, 0.15) is 0 Å². The molecule has 0 saturated carbocycles. The largest absolute Gasteiger partial charge is 0.550 e. The molecule has 7 heteroatoms. The number of aliphatic carboxylic acids is 3. The second-order valence-electron chi connectivity index (χ2n) is 12.1. The Balaban J connectivity index is 4.40. The van der Waals surface area contributed by atoms with Crippen molar-refractivity contribution in [1.82, 2.24) is 0 Å². The third kappa shape index (κ3) is 28.0. The van der Waals surface area contributed by atoms with Crippen molar-refractivity contribution >= 4 is 17.9 Å². The first-order valence-electron chi connectivity index (χ1n) is 16.9. The van der Waals surface area contributed by atoms with Crippen LogP contribution in [0.4, 0.5) is 0 Å². The lowest BCUT2D eigenvalue weighted by molar-refractivity contribution is -0.929. The van der Waals surface area contributed by atoms with Gasteiger partial charge in [0.15, 0.2) is 0 Å². The van der Waals surface area contributed by atoms with Crippen LogP contribution < -0.4 is 5.11 Å². The summed E-state index contributed by atoms with van der Waals surface area (Å²) in [6.45, 7) is 5.86. The molecule has 0 saturated heterocycles. The Hall–Kier alpha value is -1.89. The molecule has 0 aromatic carbocycles. The molecular weight excluding hydrogens is 518 g/mol. The van der Waals surface area contributed by atoms with Crippen LogP contribution in [-0.4, -0.2) is 58.8 Å². The molecule has 0 amide bonds. The lowest BCUT2D eigenvalue weighted by atomic mass is 10.0. The molecule has 0 aliphatic rings. The van der Waals surface area contributed by atoms with Crippen LogP contribution >= 0.6 is 0 Å². The molecular formula is C34H63NO6. The number of nitrogens with zero attached hydrogens (tertiary/aromatic N) is 1. The number of hydrogen-bond acceptors (Lipinski definition) is 4. The smallest absolute Gasteiger partial charge is 0.303 e. The number of carboxylic acids is 3. The molecule has 0 spiro atoms. The van der Waals surface area contributed by atoms with E-state index >= 15 is 0 Å². The average Bonchev–Trinajstić information content (AvgIpc) is 2.93. The van der Waals surface area contributed by atoms with Gasteiger partial charge < -0.3 is 24.6 Å². The minimum Gasteiger partial charge on any atom is -0.550 e. The van der Waals surface area contributed by atoms with Crippen LogP contribution in [-0.2, 0) is 14.4 Å². The van der Waals surface area contributed by atoms with E-state index in [0.717, 1.165) is 56.3 Å². The van der Waals surface area contributed by atoms with Crippen molar-refractivity contribution < 1.29 is 34.2 Å². The number of allylic oxidation sites excluding steroid dienone is 2. The van der Waals surface area contributed by atoms with Gasteiger partial charge in [-0.15, -0.1) is 0 Å². The molecule has 240 valence electrons. The molecule has 2 N–H and O–H groups in total. The Bertz CT molecular complexity index is 623. The van der Waals surface area contributed by atoms with Crippen molar-refractivity contribution in [3.8, 4) is 0 Å². The second kappa shape index (κ2) is 28.2. The number of hydrogen-bond donors (Lipinski definition) is 2. The van der Waals surface area contributed by atoms with Crippen LogP contribution in [0.1, 0.15) is 161 Å². The van der Waals surface area contributed by atoms with Gasteiger partial charge in [0, 0.05) is 18.8 Å². The Labute approximate surface area is 251 Å². The van der Waals surface area contributed by atoms with E-state index in [1.54, 1.807) is 0 Å². The number of carbonyl (C=O) groups is 3. The highest BCUT2D eigenvalue weighted by Gasteiger charge is 2.26. The summed E-state index contributed by atoms with van der Waals surface area (Å²) in [4.78, 5) is 32.9. The van der Waals surface area contributed by atoms with Crippen LogP contribution in [0.3, 0.4) is 0 Å².